The van der Waals surface area contributed by atoms with Gasteiger partial charge in [-0.2, -0.15) is 0 Å². The molecule has 2 heterocycles. The first-order chi connectivity index (χ1) is 29.4. The van der Waals surface area contributed by atoms with Crippen molar-refractivity contribution < 1.29 is 0 Å². The quantitative estimate of drug-likeness (QED) is 0.160. The third-order valence-electron chi connectivity index (χ3n) is 14.5. The van der Waals surface area contributed by atoms with Crippen LogP contribution >= 0.6 is 0 Å². The molecule has 1 unspecified atom stereocenters. The van der Waals surface area contributed by atoms with Crippen LogP contribution in [0.2, 0.25) is 0 Å². The molecule has 61 heavy (non-hydrogen) atoms. The third kappa shape index (κ3) is 5.90. The smallest absolute Gasteiger partial charge is 0.0580 e. The number of para-hydroxylation sites is 2. The van der Waals surface area contributed by atoms with Gasteiger partial charge in [0.1, 0.15) is 0 Å². The highest BCUT2D eigenvalue weighted by molar-refractivity contribution is 5.89. The van der Waals surface area contributed by atoms with E-state index >= 15 is 0 Å². The molecule has 1 atom stereocenters. The zero-order valence-electron chi connectivity index (χ0n) is 36.6. The number of aryl methyl sites for hydroxylation is 1. The molecule has 7 aromatic carbocycles. The van der Waals surface area contributed by atoms with Crippen LogP contribution in [0.25, 0.3) is 51.6 Å². The molecule has 0 fully saturated rings. The number of anilines is 4. The molecule has 2 aliphatic carbocycles. The molecule has 2 aliphatic heterocycles. The molecule has 0 N–H and O–H groups in total. The van der Waals surface area contributed by atoms with Gasteiger partial charge < -0.3 is 9.80 Å². The van der Waals surface area contributed by atoms with Crippen LogP contribution in [-0.4, -0.2) is 11.6 Å². The molecule has 0 saturated carbocycles. The highest BCUT2D eigenvalue weighted by Gasteiger charge is 2.39. The highest BCUT2D eigenvalue weighted by atomic mass is 15.2. The van der Waals surface area contributed by atoms with Crippen molar-refractivity contribution in [1.82, 2.24) is 0 Å². The number of rotatable bonds is 5. The largest absolute Gasteiger partial charge is 0.338 e. The van der Waals surface area contributed by atoms with Crippen LogP contribution in [0.5, 0.6) is 0 Å². The van der Waals surface area contributed by atoms with Gasteiger partial charge in [-0.15, -0.1) is 0 Å². The first-order valence-electron chi connectivity index (χ1n) is 22.2. The molecule has 300 valence electrons. The summed E-state index contributed by atoms with van der Waals surface area (Å²) in [5, 5.41) is 0. The fourth-order valence-corrected chi connectivity index (χ4v) is 11.1. The van der Waals surface area contributed by atoms with Crippen molar-refractivity contribution in [2.24, 2.45) is 0 Å². The standard InChI is InChI=1S/C59H54N2/c1-38-16-21-42-12-8-10-14-55(42)60(38)45-25-22-41(23-26-45)44-24-30-49-47-28-19-39(34-51(47)58(4,5)53(49)36-44)17-18-40-20-29-48-50-31-27-46(37-54(50)59(6,7)52(48)35-40)61-56-15-11-9-13-43(56)32-33-57(61,2)3/h8-15,17-20,22-38H,16,21H2,1-7H3. The van der Waals surface area contributed by atoms with Gasteiger partial charge in [-0.25, -0.2) is 0 Å². The second kappa shape index (κ2) is 13.6. The Hall–Kier alpha value is -6.38. The molecular formula is C59H54N2. The van der Waals surface area contributed by atoms with Gasteiger partial charge in [0.15, 0.2) is 0 Å². The number of hydrogen-bond acceptors (Lipinski definition) is 2. The van der Waals surface area contributed by atoms with Crippen molar-refractivity contribution >= 4 is 41.0 Å². The number of hydrogen-bond donors (Lipinski definition) is 0. The summed E-state index contributed by atoms with van der Waals surface area (Å²) in [6.45, 7) is 16.5. The van der Waals surface area contributed by atoms with E-state index in [1.807, 2.05) is 0 Å². The Labute approximate surface area is 362 Å². The molecule has 0 spiro atoms. The van der Waals surface area contributed by atoms with Crippen molar-refractivity contribution in [1.29, 1.82) is 0 Å². The first kappa shape index (κ1) is 37.6. The second-order valence-corrected chi connectivity index (χ2v) is 19.5. The molecule has 0 radical (unpaired) electrons. The van der Waals surface area contributed by atoms with Gasteiger partial charge >= 0.3 is 0 Å². The second-order valence-electron chi connectivity index (χ2n) is 19.5. The summed E-state index contributed by atoms with van der Waals surface area (Å²) in [6.07, 6.45) is 11.5. The Morgan fingerprint density at radius 2 is 1.03 bits per heavy atom. The van der Waals surface area contributed by atoms with Crippen molar-refractivity contribution in [2.45, 2.75) is 83.7 Å². The Balaban J connectivity index is 0.845. The predicted octanol–water partition coefficient (Wildman–Crippen LogP) is 15.6. The molecular weight excluding hydrogens is 737 g/mol. The fourth-order valence-electron chi connectivity index (χ4n) is 11.1. The Morgan fingerprint density at radius 3 is 1.70 bits per heavy atom. The summed E-state index contributed by atoms with van der Waals surface area (Å²) in [6, 6.07) is 55.6. The summed E-state index contributed by atoms with van der Waals surface area (Å²) in [5.41, 5.74) is 23.4. The van der Waals surface area contributed by atoms with Gasteiger partial charge in [-0.1, -0.05) is 155 Å². The van der Waals surface area contributed by atoms with Crippen molar-refractivity contribution in [3.63, 3.8) is 0 Å². The topological polar surface area (TPSA) is 6.48 Å². The summed E-state index contributed by atoms with van der Waals surface area (Å²) in [7, 11) is 0. The number of benzene rings is 7. The van der Waals surface area contributed by atoms with Crippen molar-refractivity contribution in [2.75, 3.05) is 9.80 Å². The molecule has 0 amide bonds. The molecule has 4 aliphatic rings. The van der Waals surface area contributed by atoms with Gasteiger partial charge in [0.05, 0.1) is 5.54 Å². The maximum Gasteiger partial charge on any atom is 0.0580 e. The monoisotopic (exact) mass is 790 g/mol. The van der Waals surface area contributed by atoms with Crippen LogP contribution in [0.4, 0.5) is 22.7 Å². The lowest BCUT2D eigenvalue weighted by molar-refractivity contribution is 0.618. The zero-order chi connectivity index (χ0) is 41.8. The predicted molar refractivity (Wildman–Crippen MR) is 260 cm³/mol. The molecule has 0 saturated heterocycles. The molecule has 2 nitrogen and oxygen atoms in total. The van der Waals surface area contributed by atoms with E-state index in [9.17, 15) is 0 Å². The summed E-state index contributed by atoms with van der Waals surface area (Å²) >= 11 is 0. The third-order valence-corrected chi connectivity index (χ3v) is 14.5. The summed E-state index contributed by atoms with van der Waals surface area (Å²) < 4.78 is 0. The minimum absolute atomic E-state index is 0.110. The van der Waals surface area contributed by atoms with Crippen molar-refractivity contribution in [3.8, 4) is 33.4 Å². The number of nitrogens with zero attached hydrogens (tertiary/aromatic N) is 2. The van der Waals surface area contributed by atoms with E-state index in [1.165, 1.54) is 107 Å². The van der Waals surface area contributed by atoms with Crippen LogP contribution in [0.15, 0.2) is 152 Å². The van der Waals surface area contributed by atoms with E-state index in [1.54, 1.807) is 0 Å². The van der Waals surface area contributed by atoms with E-state index in [0.29, 0.717) is 6.04 Å². The van der Waals surface area contributed by atoms with E-state index in [0.717, 1.165) is 6.42 Å². The minimum Gasteiger partial charge on any atom is -0.338 e. The van der Waals surface area contributed by atoms with Crippen LogP contribution in [0.3, 0.4) is 0 Å². The van der Waals surface area contributed by atoms with Crippen LogP contribution in [0, 0.1) is 0 Å². The van der Waals surface area contributed by atoms with E-state index < -0.39 is 0 Å². The fraction of sp³-hybridized carbons (Fsp3) is 0.220. The van der Waals surface area contributed by atoms with Crippen LogP contribution in [-0.2, 0) is 17.3 Å². The SMILES string of the molecule is CC1CCc2ccccc2N1c1ccc(-c2ccc3c(c2)C(C)(C)c2cc(C=Cc4ccc5c(c4)C(C)(C)c4cc(N6c7ccccc7C=CC6(C)C)ccc4-5)ccc2-3)cc1. The zero-order valence-corrected chi connectivity index (χ0v) is 36.6. The normalized spacial score (nSPS) is 18.3. The van der Waals surface area contributed by atoms with E-state index in [2.05, 4.69) is 228 Å². The molecule has 11 rings (SSSR count). The summed E-state index contributed by atoms with van der Waals surface area (Å²) in [4.78, 5) is 5.02. The lowest BCUT2D eigenvalue weighted by atomic mass is 9.81. The van der Waals surface area contributed by atoms with Gasteiger partial charge in [-0.3, -0.25) is 0 Å². The van der Waals surface area contributed by atoms with Gasteiger partial charge in [0, 0.05) is 39.6 Å². The van der Waals surface area contributed by atoms with Crippen LogP contribution < -0.4 is 9.80 Å². The Morgan fingerprint density at radius 1 is 0.508 bits per heavy atom. The van der Waals surface area contributed by atoms with Gasteiger partial charge in [0.25, 0.3) is 0 Å². The first-order valence-corrected chi connectivity index (χ1v) is 22.2. The minimum atomic E-state index is -0.137. The van der Waals surface area contributed by atoms with Gasteiger partial charge in [-0.05, 0) is 154 Å². The lowest BCUT2D eigenvalue weighted by Crippen LogP contribution is -2.40. The maximum absolute atomic E-state index is 2.52. The highest BCUT2D eigenvalue weighted by Crippen LogP contribution is 2.53. The van der Waals surface area contributed by atoms with Gasteiger partial charge in [0.2, 0.25) is 0 Å². The number of fused-ring (bicyclic) bond motifs is 8. The average molecular weight is 791 g/mol. The maximum atomic E-state index is 2.52. The Bertz CT molecular complexity index is 2970. The lowest BCUT2D eigenvalue weighted by Gasteiger charge is -2.42. The van der Waals surface area contributed by atoms with Crippen molar-refractivity contribution in [3.05, 3.63) is 196 Å². The molecule has 0 bridgehead atoms. The molecule has 0 aromatic heterocycles. The molecule has 2 heteroatoms. The average Bonchev–Trinajstić information content (AvgIpc) is 3.63. The van der Waals surface area contributed by atoms with Crippen LogP contribution in [0.1, 0.15) is 99.4 Å². The summed E-state index contributed by atoms with van der Waals surface area (Å²) in [5.74, 6) is 0. The van der Waals surface area contributed by atoms with E-state index in [-0.39, 0.29) is 16.4 Å². The molecule has 7 aromatic rings. The van der Waals surface area contributed by atoms with E-state index in [4.69, 9.17) is 0 Å². The Kier molecular flexibility index (Phi) is 8.36.